The Morgan fingerprint density at radius 1 is 1.43 bits per heavy atom. The molecule has 0 saturated carbocycles. The standard InChI is InChI=1S/C10H10F2O2/c1-2-14-10(13)9(12)7-3-5-8(11)6-4-7/h3-6,9H,2H2,1H3/t9-/m0/s1. The molecule has 14 heavy (non-hydrogen) atoms. The fourth-order valence-electron chi connectivity index (χ4n) is 0.983. The first kappa shape index (κ1) is 10.6. The summed E-state index contributed by atoms with van der Waals surface area (Å²) in [5.74, 6) is -1.41. The Balaban J connectivity index is 2.73. The fourth-order valence-corrected chi connectivity index (χ4v) is 0.983. The molecule has 4 heteroatoms. The zero-order chi connectivity index (χ0) is 10.6. The normalized spacial score (nSPS) is 12.2. The predicted molar refractivity (Wildman–Crippen MR) is 46.9 cm³/mol. The van der Waals surface area contributed by atoms with E-state index in [9.17, 15) is 13.6 Å². The summed E-state index contributed by atoms with van der Waals surface area (Å²) in [4.78, 5) is 10.9. The lowest BCUT2D eigenvalue weighted by Crippen LogP contribution is -2.11. The van der Waals surface area contributed by atoms with Crippen molar-refractivity contribution in [3.05, 3.63) is 35.6 Å². The van der Waals surface area contributed by atoms with E-state index in [0.717, 1.165) is 12.1 Å². The average Bonchev–Trinajstić information content (AvgIpc) is 2.18. The highest BCUT2D eigenvalue weighted by Gasteiger charge is 2.20. The molecule has 1 aromatic rings. The maximum absolute atomic E-state index is 13.3. The van der Waals surface area contributed by atoms with Gasteiger partial charge in [0.15, 0.2) is 0 Å². The number of alkyl halides is 1. The number of benzene rings is 1. The first-order valence-electron chi connectivity index (χ1n) is 4.21. The molecule has 1 rings (SSSR count). The minimum atomic E-state index is -1.84. The van der Waals surface area contributed by atoms with Crippen molar-refractivity contribution >= 4 is 5.97 Å². The molecular formula is C10H10F2O2. The lowest BCUT2D eigenvalue weighted by atomic mass is 10.1. The number of hydrogen-bond acceptors (Lipinski definition) is 2. The van der Waals surface area contributed by atoms with Crippen molar-refractivity contribution in [2.45, 2.75) is 13.1 Å². The molecule has 0 unspecified atom stereocenters. The van der Waals surface area contributed by atoms with Crippen LogP contribution in [0.3, 0.4) is 0 Å². The molecule has 76 valence electrons. The number of hydrogen-bond donors (Lipinski definition) is 0. The number of halogens is 2. The van der Waals surface area contributed by atoms with E-state index in [-0.39, 0.29) is 12.2 Å². The van der Waals surface area contributed by atoms with Crippen LogP contribution in [0.5, 0.6) is 0 Å². The van der Waals surface area contributed by atoms with Gasteiger partial charge in [-0.2, -0.15) is 0 Å². The first-order valence-corrected chi connectivity index (χ1v) is 4.21. The number of carbonyl (C=O) groups is 1. The van der Waals surface area contributed by atoms with E-state index >= 15 is 0 Å². The molecule has 0 radical (unpaired) electrons. The summed E-state index contributed by atoms with van der Waals surface area (Å²) < 4.78 is 30.2. The first-order chi connectivity index (χ1) is 6.65. The molecule has 0 amide bonds. The van der Waals surface area contributed by atoms with Crippen molar-refractivity contribution in [2.75, 3.05) is 6.61 Å². The Morgan fingerprint density at radius 3 is 2.50 bits per heavy atom. The molecule has 0 N–H and O–H groups in total. The van der Waals surface area contributed by atoms with Crippen molar-refractivity contribution in [3.8, 4) is 0 Å². The van der Waals surface area contributed by atoms with Crippen LogP contribution in [0, 0.1) is 5.82 Å². The summed E-state index contributed by atoms with van der Waals surface area (Å²) in [7, 11) is 0. The Labute approximate surface area is 80.5 Å². The molecule has 1 aromatic carbocycles. The third-order valence-corrected chi connectivity index (χ3v) is 1.66. The van der Waals surface area contributed by atoms with E-state index in [1.807, 2.05) is 0 Å². The monoisotopic (exact) mass is 200 g/mol. The summed E-state index contributed by atoms with van der Waals surface area (Å²) in [6.07, 6.45) is -1.84. The highest BCUT2D eigenvalue weighted by molar-refractivity contribution is 5.76. The maximum Gasteiger partial charge on any atom is 0.345 e. The van der Waals surface area contributed by atoms with Gasteiger partial charge in [0.25, 0.3) is 0 Å². The third kappa shape index (κ3) is 2.52. The van der Waals surface area contributed by atoms with Crippen molar-refractivity contribution in [3.63, 3.8) is 0 Å². The molecule has 1 atom stereocenters. The number of ether oxygens (including phenoxy) is 1. The highest BCUT2D eigenvalue weighted by atomic mass is 19.1. The van der Waals surface area contributed by atoms with Gasteiger partial charge < -0.3 is 4.74 Å². The minimum Gasteiger partial charge on any atom is -0.464 e. The van der Waals surface area contributed by atoms with E-state index in [4.69, 9.17) is 0 Å². The summed E-state index contributed by atoms with van der Waals surface area (Å²) in [6, 6.07) is 4.64. The van der Waals surface area contributed by atoms with E-state index in [0.29, 0.717) is 0 Å². The van der Waals surface area contributed by atoms with E-state index < -0.39 is 18.0 Å². The zero-order valence-corrected chi connectivity index (χ0v) is 7.67. The van der Waals surface area contributed by atoms with Gasteiger partial charge in [-0.15, -0.1) is 0 Å². The second-order valence-electron chi connectivity index (χ2n) is 2.67. The Bertz CT molecular complexity index is 308. The Hall–Kier alpha value is -1.45. The largest absolute Gasteiger partial charge is 0.464 e. The van der Waals surface area contributed by atoms with Crippen LogP contribution in [0.15, 0.2) is 24.3 Å². The van der Waals surface area contributed by atoms with Crippen LogP contribution in [-0.2, 0) is 9.53 Å². The average molecular weight is 200 g/mol. The fraction of sp³-hybridized carbons (Fsp3) is 0.300. The third-order valence-electron chi connectivity index (χ3n) is 1.66. The predicted octanol–water partition coefficient (Wildman–Crippen LogP) is 2.40. The molecule has 0 aromatic heterocycles. The Kier molecular flexibility index (Phi) is 3.56. The van der Waals surface area contributed by atoms with Gasteiger partial charge in [-0.05, 0) is 24.6 Å². The van der Waals surface area contributed by atoms with E-state index in [1.54, 1.807) is 6.92 Å². The Morgan fingerprint density at radius 2 is 2.00 bits per heavy atom. The van der Waals surface area contributed by atoms with Gasteiger partial charge >= 0.3 is 5.97 Å². The molecule has 2 nitrogen and oxygen atoms in total. The van der Waals surface area contributed by atoms with Crippen molar-refractivity contribution in [1.82, 2.24) is 0 Å². The second kappa shape index (κ2) is 4.69. The smallest absolute Gasteiger partial charge is 0.345 e. The molecular weight excluding hydrogens is 190 g/mol. The SMILES string of the molecule is CCOC(=O)[C@@H](F)c1ccc(F)cc1. The van der Waals surface area contributed by atoms with Crippen molar-refractivity contribution < 1.29 is 18.3 Å². The molecule has 0 aliphatic heterocycles. The molecule has 0 bridgehead atoms. The van der Waals surface area contributed by atoms with E-state index in [2.05, 4.69) is 4.74 Å². The van der Waals surface area contributed by atoms with Crippen LogP contribution < -0.4 is 0 Å². The molecule has 0 saturated heterocycles. The molecule has 0 fully saturated rings. The van der Waals surface area contributed by atoms with Crippen molar-refractivity contribution in [2.24, 2.45) is 0 Å². The van der Waals surface area contributed by atoms with Gasteiger partial charge in [-0.1, -0.05) is 12.1 Å². The van der Waals surface area contributed by atoms with Gasteiger partial charge in [0, 0.05) is 0 Å². The van der Waals surface area contributed by atoms with E-state index in [1.165, 1.54) is 12.1 Å². The minimum absolute atomic E-state index is 0.102. The van der Waals surface area contributed by atoms with Crippen LogP contribution in [0.2, 0.25) is 0 Å². The van der Waals surface area contributed by atoms with Crippen LogP contribution in [0.4, 0.5) is 8.78 Å². The highest BCUT2D eigenvalue weighted by Crippen LogP contribution is 2.18. The molecule has 0 spiro atoms. The maximum atomic E-state index is 13.3. The van der Waals surface area contributed by atoms with Crippen LogP contribution >= 0.6 is 0 Å². The van der Waals surface area contributed by atoms with Crippen LogP contribution in [0.25, 0.3) is 0 Å². The molecule has 0 aliphatic carbocycles. The van der Waals surface area contributed by atoms with Gasteiger partial charge in [-0.25, -0.2) is 13.6 Å². The quantitative estimate of drug-likeness (QED) is 0.700. The van der Waals surface area contributed by atoms with Gasteiger partial charge in [0.05, 0.1) is 6.61 Å². The number of carbonyl (C=O) groups excluding carboxylic acids is 1. The lowest BCUT2D eigenvalue weighted by Gasteiger charge is -2.06. The summed E-state index contributed by atoms with van der Waals surface area (Å²) in [5.41, 5.74) is 0.102. The van der Waals surface area contributed by atoms with Gasteiger partial charge in [-0.3, -0.25) is 0 Å². The summed E-state index contributed by atoms with van der Waals surface area (Å²) in [5, 5.41) is 0. The van der Waals surface area contributed by atoms with Gasteiger partial charge in [0.1, 0.15) is 5.82 Å². The van der Waals surface area contributed by atoms with Crippen LogP contribution in [-0.4, -0.2) is 12.6 Å². The second-order valence-corrected chi connectivity index (χ2v) is 2.67. The topological polar surface area (TPSA) is 26.3 Å². The number of esters is 1. The van der Waals surface area contributed by atoms with Gasteiger partial charge in [0.2, 0.25) is 6.17 Å². The molecule has 0 heterocycles. The summed E-state index contributed by atoms with van der Waals surface area (Å²) >= 11 is 0. The number of rotatable bonds is 3. The van der Waals surface area contributed by atoms with Crippen LogP contribution in [0.1, 0.15) is 18.7 Å². The van der Waals surface area contributed by atoms with Crippen molar-refractivity contribution in [1.29, 1.82) is 0 Å². The zero-order valence-electron chi connectivity index (χ0n) is 7.67. The lowest BCUT2D eigenvalue weighted by molar-refractivity contribution is -0.149. The summed E-state index contributed by atoms with van der Waals surface area (Å²) in [6.45, 7) is 1.72. The molecule has 0 aliphatic rings.